The lowest BCUT2D eigenvalue weighted by Crippen LogP contribution is -2.21. The molecule has 7 heteroatoms. The summed E-state index contributed by atoms with van der Waals surface area (Å²) < 4.78 is 44.0. The molecule has 3 aromatic rings. The van der Waals surface area contributed by atoms with Crippen molar-refractivity contribution in [1.29, 1.82) is 0 Å². The van der Waals surface area contributed by atoms with Gasteiger partial charge in [-0.2, -0.15) is 0 Å². The van der Waals surface area contributed by atoms with Crippen LogP contribution in [0.25, 0.3) is 0 Å². The Labute approximate surface area is 153 Å². The molecule has 4 rings (SSSR count). The highest BCUT2D eigenvalue weighted by molar-refractivity contribution is 7.91. The summed E-state index contributed by atoms with van der Waals surface area (Å²) in [5.41, 5.74) is 0.0323. The Morgan fingerprint density at radius 2 is 1.59 bits per heavy atom. The second-order valence-corrected chi connectivity index (χ2v) is 7.77. The first kappa shape index (κ1) is 17.1. The highest BCUT2D eigenvalue weighted by atomic mass is 32.2. The van der Waals surface area contributed by atoms with Crippen LogP contribution in [0.5, 0.6) is 5.75 Å². The molecule has 0 atom stereocenters. The Morgan fingerprint density at radius 1 is 0.852 bits per heavy atom. The van der Waals surface area contributed by atoms with Crippen LogP contribution < -0.4 is 4.74 Å². The number of sulfone groups is 1. The lowest BCUT2D eigenvalue weighted by molar-refractivity contribution is 0.0733. The Hall–Kier alpha value is -3.32. The van der Waals surface area contributed by atoms with E-state index in [0.717, 1.165) is 12.1 Å². The summed E-state index contributed by atoms with van der Waals surface area (Å²) in [6, 6.07) is 14.6. The Kier molecular flexibility index (Phi) is 3.89. The van der Waals surface area contributed by atoms with Gasteiger partial charge in [0.15, 0.2) is 5.78 Å². The van der Waals surface area contributed by atoms with E-state index in [9.17, 15) is 22.4 Å². The van der Waals surface area contributed by atoms with E-state index in [2.05, 4.69) is 0 Å². The van der Waals surface area contributed by atoms with Gasteiger partial charge in [-0.3, -0.25) is 4.79 Å². The van der Waals surface area contributed by atoms with Crippen molar-refractivity contribution in [3.63, 3.8) is 0 Å². The molecule has 0 bridgehead atoms. The van der Waals surface area contributed by atoms with Gasteiger partial charge in [0.1, 0.15) is 11.6 Å². The third-order valence-corrected chi connectivity index (χ3v) is 6.03. The number of rotatable bonds is 2. The van der Waals surface area contributed by atoms with Crippen molar-refractivity contribution in [3.8, 4) is 5.75 Å². The number of ketones is 1. The SMILES string of the molecule is O=C(Oc1cccc(F)c1)c1ccc2c(c1)S(=O)(=O)c1ccccc1C2=O. The van der Waals surface area contributed by atoms with E-state index in [-0.39, 0.29) is 32.2 Å². The highest BCUT2D eigenvalue weighted by Crippen LogP contribution is 2.34. The van der Waals surface area contributed by atoms with Gasteiger partial charge >= 0.3 is 5.97 Å². The van der Waals surface area contributed by atoms with E-state index < -0.39 is 27.4 Å². The van der Waals surface area contributed by atoms with Crippen molar-refractivity contribution in [2.45, 2.75) is 9.79 Å². The molecule has 1 heterocycles. The van der Waals surface area contributed by atoms with Crippen molar-refractivity contribution < 1.29 is 27.1 Å². The van der Waals surface area contributed by atoms with Crippen LogP contribution in [0.15, 0.2) is 76.5 Å². The maximum atomic E-state index is 13.2. The van der Waals surface area contributed by atoms with Gasteiger partial charge in [0.25, 0.3) is 0 Å². The van der Waals surface area contributed by atoms with E-state index in [1.165, 1.54) is 48.5 Å². The van der Waals surface area contributed by atoms with Crippen molar-refractivity contribution >= 4 is 21.6 Å². The molecule has 27 heavy (non-hydrogen) atoms. The number of carbonyl (C=O) groups excluding carboxylic acids is 2. The number of halogens is 1. The van der Waals surface area contributed by atoms with Gasteiger partial charge in [-0.25, -0.2) is 17.6 Å². The molecule has 1 aliphatic heterocycles. The summed E-state index contributed by atoms with van der Waals surface area (Å²) in [5.74, 6) is -1.87. The topological polar surface area (TPSA) is 77.5 Å². The van der Waals surface area contributed by atoms with E-state index in [4.69, 9.17) is 4.74 Å². The predicted octanol–water partition coefficient (Wildman–Crippen LogP) is 3.42. The number of fused-ring (bicyclic) bond motifs is 2. The third kappa shape index (κ3) is 2.82. The fraction of sp³-hybridized carbons (Fsp3) is 0. The van der Waals surface area contributed by atoms with Crippen LogP contribution in [0.4, 0.5) is 4.39 Å². The standard InChI is InChI=1S/C20H11FO5S/c21-13-4-3-5-14(11-13)26-20(23)12-8-9-16-18(10-12)27(24,25)17-7-2-1-6-15(17)19(16)22/h1-11H. The fourth-order valence-electron chi connectivity index (χ4n) is 2.91. The minimum Gasteiger partial charge on any atom is -0.423 e. The molecule has 5 nitrogen and oxygen atoms in total. The van der Waals surface area contributed by atoms with Crippen LogP contribution >= 0.6 is 0 Å². The molecule has 0 amide bonds. The maximum absolute atomic E-state index is 13.2. The molecule has 0 saturated carbocycles. The highest BCUT2D eigenvalue weighted by Gasteiger charge is 2.35. The summed E-state index contributed by atoms with van der Waals surface area (Å²) in [6.45, 7) is 0. The molecule has 0 radical (unpaired) electrons. The van der Waals surface area contributed by atoms with Crippen molar-refractivity contribution in [3.05, 3.63) is 89.2 Å². The molecule has 0 N–H and O–H groups in total. The largest absolute Gasteiger partial charge is 0.423 e. The Bertz CT molecular complexity index is 1210. The fourth-order valence-corrected chi connectivity index (χ4v) is 4.59. The molecule has 134 valence electrons. The summed E-state index contributed by atoms with van der Waals surface area (Å²) in [6.07, 6.45) is 0. The Morgan fingerprint density at radius 3 is 2.37 bits per heavy atom. The van der Waals surface area contributed by atoms with Crippen LogP contribution in [0, 0.1) is 5.82 Å². The average Bonchev–Trinajstić information content (AvgIpc) is 2.66. The predicted molar refractivity (Wildman–Crippen MR) is 93.1 cm³/mol. The first-order valence-electron chi connectivity index (χ1n) is 7.88. The van der Waals surface area contributed by atoms with E-state index in [0.29, 0.717) is 0 Å². The van der Waals surface area contributed by atoms with Crippen LogP contribution in [0.1, 0.15) is 26.3 Å². The first-order valence-corrected chi connectivity index (χ1v) is 9.37. The van der Waals surface area contributed by atoms with Crippen LogP contribution in [0.2, 0.25) is 0 Å². The number of hydrogen-bond donors (Lipinski definition) is 0. The van der Waals surface area contributed by atoms with Crippen molar-refractivity contribution in [2.24, 2.45) is 0 Å². The lowest BCUT2D eigenvalue weighted by atomic mass is 10.0. The minimum absolute atomic E-state index is 0.00370. The maximum Gasteiger partial charge on any atom is 0.343 e. The minimum atomic E-state index is -3.96. The quantitative estimate of drug-likeness (QED) is 0.392. The van der Waals surface area contributed by atoms with Gasteiger partial charge in [0.2, 0.25) is 9.84 Å². The molecule has 0 unspecified atom stereocenters. The molecule has 0 aromatic heterocycles. The average molecular weight is 382 g/mol. The second kappa shape index (κ2) is 6.14. The Balaban J connectivity index is 1.77. The number of carbonyl (C=O) groups is 2. The smallest absolute Gasteiger partial charge is 0.343 e. The summed E-state index contributed by atoms with van der Waals surface area (Å²) in [5, 5.41) is 0. The molecule has 0 aliphatic carbocycles. The summed E-state index contributed by atoms with van der Waals surface area (Å²) >= 11 is 0. The number of ether oxygens (including phenoxy) is 1. The van der Waals surface area contributed by atoms with Crippen molar-refractivity contribution in [2.75, 3.05) is 0 Å². The van der Waals surface area contributed by atoms with Crippen LogP contribution in [-0.4, -0.2) is 20.2 Å². The first-order chi connectivity index (χ1) is 12.9. The van der Waals surface area contributed by atoms with Gasteiger partial charge in [-0.05, 0) is 42.5 Å². The molecule has 3 aromatic carbocycles. The van der Waals surface area contributed by atoms with Crippen molar-refractivity contribution in [1.82, 2.24) is 0 Å². The normalized spacial score (nSPS) is 14.2. The zero-order valence-corrected chi connectivity index (χ0v) is 14.5. The van der Waals surface area contributed by atoms with Gasteiger partial charge < -0.3 is 4.74 Å². The van der Waals surface area contributed by atoms with Crippen LogP contribution in [-0.2, 0) is 9.84 Å². The van der Waals surface area contributed by atoms with Crippen LogP contribution in [0.3, 0.4) is 0 Å². The number of esters is 1. The number of hydrogen-bond acceptors (Lipinski definition) is 5. The zero-order chi connectivity index (χ0) is 19.2. The molecule has 0 spiro atoms. The zero-order valence-electron chi connectivity index (χ0n) is 13.7. The van der Waals surface area contributed by atoms with E-state index >= 15 is 0 Å². The molecule has 0 saturated heterocycles. The monoisotopic (exact) mass is 382 g/mol. The second-order valence-electron chi connectivity index (χ2n) is 5.89. The third-order valence-electron chi connectivity index (χ3n) is 4.18. The van der Waals surface area contributed by atoms with E-state index in [1.54, 1.807) is 6.07 Å². The van der Waals surface area contributed by atoms with Gasteiger partial charge in [0.05, 0.1) is 15.4 Å². The molecular weight excluding hydrogens is 371 g/mol. The summed E-state index contributed by atoms with van der Waals surface area (Å²) in [4.78, 5) is 24.6. The van der Waals surface area contributed by atoms with Gasteiger partial charge in [0, 0.05) is 17.2 Å². The number of benzene rings is 3. The summed E-state index contributed by atoms with van der Waals surface area (Å²) in [7, 11) is -3.96. The van der Waals surface area contributed by atoms with Gasteiger partial charge in [-0.15, -0.1) is 0 Å². The molecule has 0 fully saturated rings. The van der Waals surface area contributed by atoms with E-state index in [1.807, 2.05) is 0 Å². The molecular formula is C20H11FO5S. The van der Waals surface area contributed by atoms with Gasteiger partial charge in [-0.1, -0.05) is 18.2 Å². The molecule has 1 aliphatic rings. The lowest BCUT2D eigenvalue weighted by Gasteiger charge is -2.19.